The van der Waals surface area contributed by atoms with Crippen molar-refractivity contribution >= 4 is 23.2 Å². The zero-order valence-corrected chi connectivity index (χ0v) is 12.6. The lowest BCUT2D eigenvalue weighted by molar-refractivity contribution is -0.139. The highest BCUT2D eigenvalue weighted by Gasteiger charge is 2.37. The maximum atomic E-state index is 12.3. The van der Waals surface area contributed by atoms with E-state index in [0.717, 1.165) is 12.8 Å². The van der Waals surface area contributed by atoms with Gasteiger partial charge < -0.3 is 10.4 Å². The second-order valence-electron chi connectivity index (χ2n) is 5.13. The van der Waals surface area contributed by atoms with Gasteiger partial charge in [-0.3, -0.25) is 4.79 Å². The van der Waals surface area contributed by atoms with E-state index in [1.54, 1.807) is 25.4 Å². The first-order valence-corrected chi connectivity index (χ1v) is 7.66. The molecule has 2 N–H and O–H groups in total. The first-order valence-electron chi connectivity index (χ1n) is 6.84. The highest BCUT2D eigenvalue weighted by atomic mass is 32.1. The molecule has 2 heterocycles. The summed E-state index contributed by atoms with van der Waals surface area (Å²) in [6, 6.07) is 0.871. The Kier molecular flexibility index (Phi) is 3.84. The SMILES string of the molecule is Cc1nc(-c2ncccn2)sc1C(=O)NC(C(=O)O)C1CC1. The first kappa shape index (κ1) is 14.6. The quantitative estimate of drug-likeness (QED) is 0.865. The van der Waals surface area contributed by atoms with E-state index < -0.39 is 17.9 Å². The Hall–Kier alpha value is -2.35. The normalized spacial score (nSPS) is 15.3. The monoisotopic (exact) mass is 318 g/mol. The van der Waals surface area contributed by atoms with Crippen molar-refractivity contribution in [2.45, 2.75) is 25.8 Å². The molecule has 1 aliphatic rings. The van der Waals surface area contributed by atoms with Crippen molar-refractivity contribution in [1.29, 1.82) is 0 Å². The van der Waals surface area contributed by atoms with Crippen LogP contribution in [0.25, 0.3) is 10.8 Å². The lowest BCUT2D eigenvalue weighted by atomic mass is 10.2. The topological polar surface area (TPSA) is 105 Å². The van der Waals surface area contributed by atoms with Crippen molar-refractivity contribution < 1.29 is 14.7 Å². The van der Waals surface area contributed by atoms with Gasteiger partial charge in [-0.1, -0.05) is 0 Å². The Labute approximate surface area is 130 Å². The Morgan fingerprint density at radius 3 is 2.64 bits per heavy atom. The van der Waals surface area contributed by atoms with Crippen LogP contribution in [0.2, 0.25) is 0 Å². The molecule has 7 nitrogen and oxygen atoms in total. The fraction of sp³-hybridized carbons (Fsp3) is 0.357. The second-order valence-corrected chi connectivity index (χ2v) is 6.13. The molecular weight excluding hydrogens is 304 g/mol. The van der Waals surface area contributed by atoms with Crippen molar-refractivity contribution in [1.82, 2.24) is 20.3 Å². The maximum Gasteiger partial charge on any atom is 0.326 e. The number of aryl methyl sites for hydroxylation is 1. The van der Waals surface area contributed by atoms with Crippen molar-refractivity contribution in [3.63, 3.8) is 0 Å². The molecule has 2 aromatic heterocycles. The number of carboxylic acid groups (broad SMARTS) is 1. The number of nitrogens with zero attached hydrogens (tertiary/aromatic N) is 3. The Morgan fingerprint density at radius 1 is 1.36 bits per heavy atom. The molecule has 1 unspecified atom stereocenters. The number of amides is 1. The van der Waals surface area contributed by atoms with Gasteiger partial charge in [0.25, 0.3) is 5.91 Å². The summed E-state index contributed by atoms with van der Waals surface area (Å²) in [5.41, 5.74) is 0.546. The Balaban J connectivity index is 1.81. The van der Waals surface area contributed by atoms with Gasteiger partial charge in [-0.05, 0) is 31.7 Å². The molecule has 0 aliphatic heterocycles. The number of hydrogen-bond acceptors (Lipinski definition) is 6. The fourth-order valence-corrected chi connectivity index (χ4v) is 3.05. The summed E-state index contributed by atoms with van der Waals surface area (Å²) in [6.07, 6.45) is 4.88. The molecule has 114 valence electrons. The number of hydrogen-bond donors (Lipinski definition) is 2. The van der Waals surface area contributed by atoms with Crippen LogP contribution in [0.4, 0.5) is 0 Å². The number of thiazole rings is 1. The van der Waals surface area contributed by atoms with Gasteiger partial charge in [0.05, 0.1) is 5.69 Å². The van der Waals surface area contributed by atoms with E-state index in [0.29, 0.717) is 21.4 Å². The van der Waals surface area contributed by atoms with E-state index in [2.05, 4.69) is 20.3 Å². The average Bonchev–Trinajstić information content (AvgIpc) is 3.27. The molecule has 2 aromatic rings. The van der Waals surface area contributed by atoms with Gasteiger partial charge in [0.1, 0.15) is 10.9 Å². The van der Waals surface area contributed by atoms with Crippen LogP contribution in [0, 0.1) is 12.8 Å². The summed E-state index contributed by atoms with van der Waals surface area (Å²) in [5.74, 6) is -0.917. The number of carbonyl (C=O) groups excluding carboxylic acids is 1. The van der Waals surface area contributed by atoms with Crippen molar-refractivity contribution in [2.75, 3.05) is 0 Å². The molecule has 1 atom stereocenters. The van der Waals surface area contributed by atoms with Crippen LogP contribution in [0.1, 0.15) is 28.2 Å². The van der Waals surface area contributed by atoms with E-state index in [1.165, 1.54) is 11.3 Å². The van der Waals surface area contributed by atoms with Gasteiger partial charge in [-0.2, -0.15) is 0 Å². The number of nitrogens with one attached hydrogen (secondary N) is 1. The minimum Gasteiger partial charge on any atom is -0.480 e. The molecule has 22 heavy (non-hydrogen) atoms. The van der Waals surface area contributed by atoms with Crippen molar-refractivity contribution in [3.05, 3.63) is 29.0 Å². The first-order chi connectivity index (χ1) is 10.6. The van der Waals surface area contributed by atoms with Crippen LogP contribution in [0.3, 0.4) is 0 Å². The zero-order valence-electron chi connectivity index (χ0n) is 11.8. The number of carboxylic acids is 1. The van der Waals surface area contributed by atoms with E-state index in [1.807, 2.05) is 0 Å². The number of aromatic nitrogens is 3. The van der Waals surface area contributed by atoms with Crippen molar-refractivity contribution in [2.24, 2.45) is 5.92 Å². The number of carbonyl (C=O) groups is 2. The van der Waals surface area contributed by atoms with Gasteiger partial charge in [0.2, 0.25) is 0 Å². The molecule has 0 saturated heterocycles. The average molecular weight is 318 g/mol. The Morgan fingerprint density at radius 2 is 2.05 bits per heavy atom. The summed E-state index contributed by atoms with van der Waals surface area (Å²) in [6.45, 7) is 1.71. The van der Waals surface area contributed by atoms with Gasteiger partial charge in [-0.25, -0.2) is 19.7 Å². The summed E-state index contributed by atoms with van der Waals surface area (Å²) >= 11 is 1.17. The second kappa shape index (κ2) is 5.80. The van der Waals surface area contributed by atoms with Crippen LogP contribution in [-0.4, -0.2) is 38.0 Å². The minimum absolute atomic E-state index is 0.0339. The molecular formula is C14H14N4O3S. The molecule has 8 heteroatoms. The highest BCUT2D eigenvalue weighted by molar-refractivity contribution is 7.17. The van der Waals surface area contributed by atoms with Crippen LogP contribution >= 0.6 is 11.3 Å². The lowest BCUT2D eigenvalue weighted by Crippen LogP contribution is -2.42. The van der Waals surface area contributed by atoms with E-state index in [9.17, 15) is 14.7 Å². The minimum atomic E-state index is -0.996. The van der Waals surface area contributed by atoms with Crippen LogP contribution in [-0.2, 0) is 4.79 Å². The predicted molar refractivity (Wildman–Crippen MR) is 79.5 cm³/mol. The Bertz CT molecular complexity index is 712. The fourth-order valence-electron chi connectivity index (χ4n) is 2.13. The molecule has 1 aliphatic carbocycles. The number of aliphatic carboxylic acids is 1. The van der Waals surface area contributed by atoms with Gasteiger partial charge in [0.15, 0.2) is 10.8 Å². The summed E-state index contributed by atoms with van der Waals surface area (Å²) in [7, 11) is 0. The van der Waals surface area contributed by atoms with Gasteiger partial charge >= 0.3 is 5.97 Å². The van der Waals surface area contributed by atoms with Crippen LogP contribution in [0.5, 0.6) is 0 Å². The smallest absolute Gasteiger partial charge is 0.326 e. The highest BCUT2D eigenvalue weighted by Crippen LogP contribution is 2.33. The van der Waals surface area contributed by atoms with E-state index in [4.69, 9.17) is 0 Å². The molecule has 3 rings (SSSR count). The third-order valence-corrected chi connectivity index (χ3v) is 4.56. The molecule has 1 amide bonds. The zero-order chi connectivity index (χ0) is 15.7. The molecule has 0 radical (unpaired) electrons. The standard InChI is InChI=1S/C14H14N4O3S/c1-7-10(12(19)18-9(14(20)21)8-3-4-8)22-13(17-7)11-15-5-2-6-16-11/h2,5-6,8-9H,3-4H2,1H3,(H,18,19)(H,20,21). The number of rotatable bonds is 5. The molecule has 0 bridgehead atoms. The summed E-state index contributed by atoms with van der Waals surface area (Å²) in [5, 5.41) is 12.3. The molecule has 1 fully saturated rings. The third kappa shape index (κ3) is 2.96. The van der Waals surface area contributed by atoms with Crippen LogP contribution in [0.15, 0.2) is 18.5 Å². The van der Waals surface area contributed by atoms with Crippen LogP contribution < -0.4 is 5.32 Å². The van der Waals surface area contributed by atoms with Gasteiger partial charge in [-0.15, -0.1) is 11.3 Å². The molecule has 0 aromatic carbocycles. The van der Waals surface area contributed by atoms with E-state index in [-0.39, 0.29) is 5.92 Å². The predicted octanol–water partition coefficient (Wildman–Crippen LogP) is 1.50. The summed E-state index contributed by atoms with van der Waals surface area (Å²) in [4.78, 5) is 36.4. The largest absolute Gasteiger partial charge is 0.480 e. The lowest BCUT2D eigenvalue weighted by Gasteiger charge is -2.12. The van der Waals surface area contributed by atoms with Gasteiger partial charge in [0, 0.05) is 12.4 Å². The summed E-state index contributed by atoms with van der Waals surface area (Å²) < 4.78 is 0. The molecule has 0 spiro atoms. The molecule has 1 saturated carbocycles. The van der Waals surface area contributed by atoms with Crippen molar-refractivity contribution in [3.8, 4) is 10.8 Å². The maximum absolute atomic E-state index is 12.3. The third-order valence-electron chi connectivity index (χ3n) is 3.41. The van der Waals surface area contributed by atoms with E-state index >= 15 is 0 Å².